The Hall–Kier alpha value is -1.62. The number of halogens is 1. The highest BCUT2D eigenvalue weighted by Gasteiger charge is 2.06. The minimum absolute atomic E-state index is 0.281. The third-order valence-corrected chi connectivity index (χ3v) is 3.00. The molecule has 0 radical (unpaired) electrons. The van der Waals surface area contributed by atoms with E-state index in [4.69, 9.17) is 5.73 Å². The lowest BCUT2D eigenvalue weighted by Crippen LogP contribution is -1.96. The van der Waals surface area contributed by atoms with Crippen LogP contribution in [0.5, 0.6) is 0 Å². The molecular weight excluding hydrogens is 225 g/mol. The number of nitrogen functional groups attached to an aromatic ring is 1. The number of nitrogens with two attached hydrogens (primary N) is 1. The zero-order valence-corrected chi connectivity index (χ0v) is 9.25. The molecule has 0 bridgehead atoms. The lowest BCUT2D eigenvalue weighted by atomic mass is 10.2. The minimum Gasteiger partial charge on any atom is -0.398 e. The summed E-state index contributed by atoms with van der Waals surface area (Å²) >= 11 is 1.41. The van der Waals surface area contributed by atoms with Gasteiger partial charge >= 0.3 is 0 Å². The maximum absolute atomic E-state index is 13.4. The van der Waals surface area contributed by atoms with E-state index < -0.39 is 0 Å². The number of thioether (sulfide) groups is 1. The van der Waals surface area contributed by atoms with Gasteiger partial charge in [0, 0.05) is 29.4 Å². The molecule has 0 aliphatic rings. The number of hydrogen-bond acceptors (Lipinski definition) is 4. The quantitative estimate of drug-likeness (QED) is 0.656. The summed E-state index contributed by atoms with van der Waals surface area (Å²) in [7, 11) is 0. The van der Waals surface area contributed by atoms with Gasteiger partial charge in [-0.1, -0.05) is 17.8 Å². The van der Waals surface area contributed by atoms with Crippen molar-refractivity contribution >= 4 is 17.4 Å². The van der Waals surface area contributed by atoms with Gasteiger partial charge in [-0.05, 0) is 12.1 Å². The topological polar surface area (TPSA) is 51.8 Å². The molecule has 2 N–H and O–H groups in total. The van der Waals surface area contributed by atoms with Crippen molar-refractivity contribution in [1.82, 2.24) is 9.97 Å². The molecule has 0 aliphatic carbocycles. The van der Waals surface area contributed by atoms with E-state index >= 15 is 0 Å². The van der Waals surface area contributed by atoms with Crippen LogP contribution in [-0.4, -0.2) is 9.97 Å². The van der Waals surface area contributed by atoms with Gasteiger partial charge in [0.2, 0.25) is 0 Å². The van der Waals surface area contributed by atoms with E-state index in [0.29, 0.717) is 17.0 Å². The molecule has 0 aliphatic heterocycles. The fourth-order valence-electron chi connectivity index (χ4n) is 1.23. The van der Waals surface area contributed by atoms with Crippen LogP contribution in [0.25, 0.3) is 0 Å². The number of aromatic nitrogens is 2. The van der Waals surface area contributed by atoms with E-state index in [1.165, 1.54) is 17.8 Å². The van der Waals surface area contributed by atoms with Crippen LogP contribution in [0, 0.1) is 5.82 Å². The second-order valence-corrected chi connectivity index (χ2v) is 4.14. The van der Waals surface area contributed by atoms with Gasteiger partial charge in [0.05, 0.1) is 6.20 Å². The number of hydrogen-bond donors (Lipinski definition) is 1. The van der Waals surface area contributed by atoms with Crippen molar-refractivity contribution in [2.75, 3.05) is 5.73 Å². The van der Waals surface area contributed by atoms with E-state index in [9.17, 15) is 4.39 Å². The van der Waals surface area contributed by atoms with Crippen molar-refractivity contribution in [3.63, 3.8) is 0 Å². The molecule has 0 spiro atoms. The van der Waals surface area contributed by atoms with Crippen LogP contribution >= 0.6 is 11.8 Å². The largest absolute Gasteiger partial charge is 0.398 e. The molecular formula is C11H10FN3S. The predicted molar refractivity (Wildman–Crippen MR) is 62.4 cm³/mol. The first-order valence-corrected chi connectivity index (χ1v) is 5.67. The standard InChI is InChI=1S/C11H10FN3S/c12-9-2-1-3-10(13)8(9)7-16-11-6-14-4-5-15-11/h1-6H,7,13H2. The highest BCUT2D eigenvalue weighted by atomic mass is 32.2. The Kier molecular flexibility index (Phi) is 3.36. The van der Waals surface area contributed by atoms with Crippen LogP contribution < -0.4 is 5.73 Å². The van der Waals surface area contributed by atoms with Crippen LogP contribution in [-0.2, 0) is 5.75 Å². The lowest BCUT2D eigenvalue weighted by Gasteiger charge is -2.05. The molecule has 0 saturated heterocycles. The number of benzene rings is 1. The highest BCUT2D eigenvalue weighted by molar-refractivity contribution is 7.98. The van der Waals surface area contributed by atoms with Gasteiger partial charge < -0.3 is 5.73 Å². The molecule has 2 aromatic rings. The van der Waals surface area contributed by atoms with Crippen molar-refractivity contribution in [3.8, 4) is 0 Å². The summed E-state index contributed by atoms with van der Waals surface area (Å²) in [6, 6.07) is 4.69. The maximum atomic E-state index is 13.4. The molecule has 1 aromatic carbocycles. The van der Waals surface area contributed by atoms with Crippen molar-refractivity contribution in [2.45, 2.75) is 10.8 Å². The Bertz CT molecular complexity index is 456. The van der Waals surface area contributed by atoms with E-state index in [1.54, 1.807) is 30.7 Å². The van der Waals surface area contributed by atoms with Gasteiger partial charge in [-0.3, -0.25) is 4.98 Å². The van der Waals surface area contributed by atoms with Gasteiger partial charge in [0.25, 0.3) is 0 Å². The summed E-state index contributed by atoms with van der Waals surface area (Å²) in [6.45, 7) is 0. The van der Waals surface area contributed by atoms with E-state index in [-0.39, 0.29) is 5.82 Å². The van der Waals surface area contributed by atoms with Crippen LogP contribution in [0.3, 0.4) is 0 Å². The Morgan fingerprint density at radius 2 is 2.19 bits per heavy atom. The first-order valence-electron chi connectivity index (χ1n) is 4.69. The van der Waals surface area contributed by atoms with Gasteiger partial charge in [-0.2, -0.15) is 0 Å². The van der Waals surface area contributed by atoms with Crippen molar-refractivity contribution in [1.29, 1.82) is 0 Å². The average Bonchev–Trinajstić information content (AvgIpc) is 2.30. The molecule has 5 heteroatoms. The van der Waals surface area contributed by atoms with E-state index in [0.717, 1.165) is 5.03 Å². The highest BCUT2D eigenvalue weighted by Crippen LogP contribution is 2.25. The second-order valence-electron chi connectivity index (χ2n) is 3.14. The molecule has 0 atom stereocenters. The third kappa shape index (κ3) is 2.49. The Morgan fingerprint density at radius 3 is 2.88 bits per heavy atom. The summed E-state index contributed by atoms with van der Waals surface area (Å²) in [5, 5.41) is 0.755. The summed E-state index contributed by atoms with van der Waals surface area (Å²) in [4.78, 5) is 8.02. The van der Waals surface area contributed by atoms with Crippen molar-refractivity contribution in [2.24, 2.45) is 0 Å². The fraction of sp³-hybridized carbons (Fsp3) is 0.0909. The Labute approximate surface area is 96.9 Å². The first-order chi connectivity index (χ1) is 7.77. The second kappa shape index (κ2) is 4.94. The maximum Gasteiger partial charge on any atom is 0.129 e. The molecule has 2 rings (SSSR count). The zero-order chi connectivity index (χ0) is 11.4. The number of nitrogens with zero attached hydrogens (tertiary/aromatic N) is 2. The molecule has 0 unspecified atom stereocenters. The third-order valence-electron chi connectivity index (χ3n) is 2.06. The summed E-state index contributed by atoms with van der Waals surface area (Å²) in [5.74, 6) is 0.174. The van der Waals surface area contributed by atoms with Crippen LogP contribution in [0.1, 0.15) is 5.56 Å². The minimum atomic E-state index is -0.281. The molecule has 0 amide bonds. The summed E-state index contributed by atoms with van der Waals surface area (Å²) < 4.78 is 13.4. The zero-order valence-electron chi connectivity index (χ0n) is 8.43. The lowest BCUT2D eigenvalue weighted by molar-refractivity contribution is 0.618. The van der Waals surface area contributed by atoms with Gasteiger partial charge in [-0.15, -0.1) is 0 Å². The number of anilines is 1. The van der Waals surface area contributed by atoms with Gasteiger partial charge in [0.1, 0.15) is 10.8 Å². The normalized spacial score (nSPS) is 10.3. The van der Waals surface area contributed by atoms with E-state index in [2.05, 4.69) is 9.97 Å². The Morgan fingerprint density at radius 1 is 1.31 bits per heavy atom. The molecule has 82 valence electrons. The van der Waals surface area contributed by atoms with E-state index in [1.807, 2.05) is 0 Å². The monoisotopic (exact) mass is 235 g/mol. The molecule has 1 heterocycles. The molecule has 0 saturated carbocycles. The summed E-state index contributed by atoms with van der Waals surface area (Å²) in [5.41, 5.74) is 6.68. The smallest absolute Gasteiger partial charge is 0.129 e. The molecule has 0 fully saturated rings. The van der Waals surface area contributed by atoms with Crippen LogP contribution in [0.2, 0.25) is 0 Å². The number of rotatable bonds is 3. The summed E-state index contributed by atoms with van der Waals surface area (Å²) in [6.07, 6.45) is 4.84. The SMILES string of the molecule is Nc1cccc(F)c1CSc1cnccn1. The van der Waals surface area contributed by atoms with Gasteiger partial charge in [0.15, 0.2) is 0 Å². The van der Waals surface area contributed by atoms with Crippen LogP contribution in [0.15, 0.2) is 41.8 Å². The fourth-order valence-corrected chi connectivity index (χ4v) is 2.10. The first kappa shape index (κ1) is 10.9. The predicted octanol–water partition coefficient (Wildman–Crippen LogP) is 2.49. The Balaban J connectivity index is 2.11. The van der Waals surface area contributed by atoms with Crippen molar-refractivity contribution in [3.05, 3.63) is 48.2 Å². The van der Waals surface area contributed by atoms with Crippen molar-refractivity contribution < 1.29 is 4.39 Å². The van der Waals surface area contributed by atoms with Crippen LogP contribution in [0.4, 0.5) is 10.1 Å². The van der Waals surface area contributed by atoms with Gasteiger partial charge in [-0.25, -0.2) is 9.37 Å². The molecule has 3 nitrogen and oxygen atoms in total. The average molecular weight is 235 g/mol. The molecule has 16 heavy (non-hydrogen) atoms. The molecule has 1 aromatic heterocycles.